The van der Waals surface area contributed by atoms with Crippen LogP contribution in [0.3, 0.4) is 0 Å². The van der Waals surface area contributed by atoms with Gasteiger partial charge < -0.3 is 19.5 Å². The summed E-state index contributed by atoms with van der Waals surface area (Å²) in [6, 6.07) is 9.51. The quantitative estimate of drug-likeness (QED) is 0.803. The highest BCUT2D eigenvalue weighted by Crippen LogP contribution is 2.43. The lowest BCUT2D eigenvalue weighted by molar-refractivity contribution is -0.126. The van der Waals surface area contributed by atoms with Crippen LogP contribution in [0.4, 0.5) is 0 Å². The summed E-state index contributed by atoms with van der Waals surface area (Å²) in [6.45, 7) is 0.827. The van der Waals surface area contributed by atoms with Gasteiger partial charge in [-0.25, -0.2) is 0 Å². The zero-order valence-electron chi connectivity index (χ0n) is 15.0. The molecule has 27 heavy (non-hydrogen) atoms. The second kappa shape index (κ2) is 7.93. The molecule has 140 valence electrons. The van der Waals surface area contributed by atoms with Crippen LogP contribution in [0.25, 0.3) is 0 Å². The summed E-state index contributed by atoms with van der Waals surface area (Å²) in [5.74, 6) is 8.08. The number of fused-ring (bicyclic) bond motifs is 1. The number of thiophene rings is 1. The number of nitrogens with one attached hydrogen (secondary N) is 1. The SMILES string of the molecule is O=C(NCC#CCOc1ccc2c(c1)OCO2)C1(c2cccs2)CCCC1. The number of hydrogen-bond acceptors (Lipinski definition) is 5. The Morgan fingerprint density at radius 1 is 1.19 bits per heavy atom. The van der Waals surface area contributed by atoms with Crippen molar-refractivity contribution < 1.29 is 19.0 Å². The minimum Gasteiger partial charge on any atom is -0.481 e. The Bertz CT molecular complexity index is 860. The molecule has 0 radical (unpaired) electrons. The van der Waals surface area contributed by atoms with E-state index < -0.39 is 0 Å². The molecule has 2 aliphatic rings. The monoisotopic (exact) mass is 383 g/mol. The summed E-state index contributed by atoms with van der Waals surface area (Å²) in [5.41, 5.74) is -0.362. The van der Waals surface area contributed by atoms with E-state index in [1.165, 1.54) is 0 Å². The van der Waals surface area contributed by atoms with Crippen LogP contribution in [-0.4, -0.2) is 25.9 Å². The molecule has 2 aromatic rings. The van der Waals surface area contributed by atoms with Gasteiger partial charge >= 0.3 is 0 Å². The molecule has 0 bridgehead atoms. The van der Waals surface area contributed by atoms with Crippen LogP contribution >= 0.6 is 11.3 Å². The number of amides is 1. The maximum absolute atomic E-state index is 12.8. The molecule has 6 heteroatoms. The molecular weight excluding hydrogens is 362 g/mol. The predicted octanol–water partition coefficient (Wildman–Crippen LogP) is 3.49. The van der Waals surface area contributed by atoms with E-state index in [1.54, 1.807) is 17.4 Å². The first kappa shape index (κ1) is 17.7. The topological polar surface area (TPSA) is 56.8 Å². The molecule has 1 aromatic carbocycles. The Balaban J connectivity index is 1.27. The molecule has 1 amide bonds. The Hall–Kier alpha value is -2.65. The first-order valence-electron chi connectivity index (χ1n) is 9.08. The van der Waals surface area contributed by atoms with Gasteiger partial charge in [0, 0.05) is 10.9 Å². The van der Waals surface area contributed by atoms with Gasteiger partial charge in [0.15, 0.2) is 11.5 Å². The van der Waals surface area contributed by atoms with Gasteiger partial charge in [-0.15, -0.1) is 11.3 Å². The lowest BCUT2D eigenvalue weighted by Gasteiger charge is -2.26. The Labute approximate surface area is 162 Å². The predicted molar refractivity (Wildman–Crippen MR) is 103 cm³/mol. The summed E-state index contributed by atoms with van der Waals surface area (Å²) >= 11 is 1.66. The highest BCUT2D eigenvalue weighted by molar-refractivity contribution is 7.10. The van der Waals surface area contributed by atoms with Gasteiger partial charge in [0.2, 0.25) is 12.7 Å². The van der Waals surface area contributed by atoms with E-state index in [0.29, 0.717) is 18.0 Å². The van der Waals surface area contributed by atoms with Gasteiger partial charge in [-0.3, -0.25) is 4.79 Å². The fourth-order valence-corrected chi connectivity index (χ4v) is 4.59. The van der Waals surface area contributed by atoms with E-state index in [1.807, 2.05) is 23.6 Å². The highest BCUT2D eigenvalue weighted by atomic mass is 32.1. The van der Waals surface area contributed by atoms with Crippen molar-refractivity contribution in [1.29, 1.82) is 0 Å². The molecule has 5 nitrogen and oxygen atoms in total. The van der Waals surface area contributed by atoms with Gasteiger partial charge in [-0.2, -0.15) is 0 Å². The third-order valence-electron chi connectivity index (χ3n) is 5.00. The van der Waals surface area contributed by atoms with E-state index in [0.717, 1.165) is 36.3 Å². The standard InChI is InChI=1S/C21H21NO4S/c23-20(21(9-1-2-10-21)19-6-5-13-27-19)22-11-3-4-12-24-16-7-8-17-18(14-16)26-15-25-17/h5-8,13-14H,1-2,9-12,15H2,(H,22,23). The van der Waals surface area contributed by atoms with E-state index in [9.17, 15) is 4.79 Å². The molecule has 0 saturated heterocycles. The summed E-state index contributed by atoms with van der Waals surface area (Å²) in [5, 5.41) is 5.03. The number of rotatable bonds is 5. The fourth-order valence-electron chi connectivity index (χ4n) is 3.61. The molecule has 4 rings (SSSR count). The van der Waals surface area contributed by atoms with E-state index >= 15 is 0 Å². The first-order valence-corrected chi connectivity index (χ1v) is 9.96. The van der Waals surface area contributed by atoms with Gasteiger partial charge in [0.05, 0.1) is 12.0 Å². The van der Waals surface area contributed by atoms with E-state index in [2.05, 4.69) is 23.2 Å². The van der Waals surface area contributed by atoms with Crippen LogP contribution in [0.2, 0.25) is 0 Å². The summed E-state index contributed by atoms with van der Waals surface area (Å²) < 4.78 is 16.2. The molecular formula is C21H21NO4S. The normalized spacial score (nSPS) is 16.4. The molecule has 1 saturated carbocycles. The third kappa shape index (κ3) is 3.74. The molecule has 1 aliphatic carbocycles. The fraction of sp³-hybridized carbons (Fsp3) is 0.381. The van der Waals surface area contributed by atoms with E-state index in [4.69, 9.17) is 14.2 Å². The van der Waals surface area contributed by atoms with Crippen LogP contribution in [0.1, 0.15) is 30.6 Å². The van der Waals surface area contributed by atoms with Crippen LogP contribution in [-0.2, 0) is 10.2 Å². The molecule has 0 unspecified atom stereocenters. The minimum absolute atomic E-state index is 0.0911. The first-order chi connectivity index (χ1) is 13.3. The second-order valence-corrected chi connectivity index (χ2v) is 7.55. The van der Waals surface area contributed by atoms with Crippen molar-refractivity contribution in [2.24, 2.45) is 0 Å². The number of benzene rings is 1. The van der Waals surface area contributed by atoms with Crippen molar-refractivity contribution in [3.63, 3.8) is 0 Å². The second-order valence-electron chi connectivity index (χ2n) is 6.61. The zero-order chi connectivity index (χ0) is 18.5. The van der Waals surface area contributed by atoms with Crippen molar-refractivity contribution in [2.45, 2.75) is 31.1 Å². The lowest BCUT2D eigenvalue weighted by atomic mass is 9.83. The Morgan fingerprint density at radius 3 is 2.85 bits per heavy atom. The molecule has 1 aliphatic heterocycles. The average molecular weight is 383 g/mol. The summed E-state index contributed by atoms with van der Waals surface area (Å²) in [4.78, 5) is 14.0. The average Bonchev–Trinajstić information content (AvgIpc) is 3.44. The van der Waals surface area contributed by atoms with E-state index in [-0.39, 0.29) is 24.7 Å². The van der Waals surface area contributed by atoms with Crippen molar-refractivity contribution in [2.75, 3.05) is 19.9 Å². The number of ether oxygens (including phenoxy) is 3. The third-order valence-corrected chi connectivity index (χ3v) is 6.08. The molecule has 0 spiro atoms. The Kier molecular flexibility index (Phi) is 5.21. The summed E-state index contributed by atoms with van der Waals surface area (Å²) in [7, 11) is 0. The maximum Gasteiger partial charge on any atom is 0.232 e. The zero-order valence-corrected chi connectivity index (χ0v) is 15.8. The smallest absolute Gasteiger partial charge is 0.232 e. The van der Waals surface area contributed by atoms with Gasteiger partial charge in [-0.05, 0) is 36.4 Å². The van der Waals surface area contributed by atoms with Crippen LogP contribution in [0, 0.1) is 11.8 Å². The number of carbonyl (C=O) groups excluding carboxylic acids is 1. The summed E-state index contributed by atoms with van der Waals surface area (Å²) in [6.07, 6.45) is 4.03. The van der Waals surface area contributed by atoms with Crippen LogP contribution in [0.5, 0.6) is 17.2 Å². The molecule has 1 aromatic heterocycles. The van der Waals surface area contributed by atoms with Crippen molar-refractivity contribution in [1.82, 2.24) is 5.32 Å². The van der Waals surface area contributed by atoms with Crippen molar-refractivity contribution >= 4 is 17.2 Å². The Morgan fingerprint density at radius 2 is 2.04 bits per heavy atom. The number of hydrogen-bond donors (Lipinski definition) is 1. The highest BCUT2D eigenvalue weighted by Gasteiger charge is 2.43. The van der Waals surface area contributed by atoms with Crippen molar-refractivity contribution in [3.8, 4) is 29.1 Å². The largest absolute Gasteiger partial charge is 0.481 e. The minimum atomic E-state index is -0.362. The molecule has 2 heterocycles. The molecule has 0 atom stereocenters. The van der Waals surface area contributed by atoms with Gasteiger partial charge in [-0.1, -0.05) is 30.7 Å². The van der Waals surface area contributed by atoms with Gasteiger partial charge in [0.25, 0.3) is 0 Å². The maximum atomic E-state index is 12.8. The number of carbonyl (C=O) groups is 1. The van der Waals surface area contributed by atoms with Crippen molar-refractivity contribution in [3.05, 3.63) is 40.6 Å². The molecule has 1 fully saturated rings. The lowest BCUT2D eigenvalue weighted by Crippen LogP contribution is -2.42. The van der Waals surface area contributed by atoms with Crippen LogP contribution < -0.4 is 19.5 Å². The molecule has 1 N–H and O–H groups in total. The van der Waals surface area contributed by atoms with Crippen LogP contribution in [0.15, 0.2) is 35.7 Å². The van der Waals surface area contributed by atoms with Gasteiger partial charge in [0.1, 0.15) is 12.4 Å².